The second-order valence-electron chi connectivity index (χ2n) is 4.93. The average Bonchev–Trinajstić information content (AvgIpc) is 2.39. The summed E-state index contributed by atoms with van der Waals surface area (Å²) in [6, 6.07) is 5.21. The third-order valence-electron chi connectivity index (χ3n) is 3.59. The molecule has 1 saturated heterocycles. The lowest BCUT2D eigenvalue weighted by Gasteiger charge is -2.31. The third kappa shape index (κ3) is 3.65. The van der Waals surface area contributed by atoms with Gasteiger partial charge in [0, 0.05) is 29.2 Å². The van der Waals surface area contributed by atoms with E-state index in [4.69, 9.17) is 11.6 Å². The Morgan fingerprint density at radius 1 is 1.47 bits per heavy atom. The van der Waals surface area contributed by atoms with Gasteiger partial charge in [-0.1, -0.05) is 11.6 Å². The first-order valence-corrected chi connectivity index (χ1v) is 6.79. The lowest BCUT2D eigenvalue weighted by Crippen LogP contribution is -2.40. The Labute approximate surface area is 117 Å². The first kappa shape index (κ1) is 14.2. The van der Waals surface area contributed by atoms with Crippen LogP contribution in [0.5, 0.6) is 0 Å². The van der Waals surface area contributed by atoms with Crippen LogP contribution in [-0.2, 0) is 6.54 Å². The molecule has 0 unspecified atom stereocenters. The van der Waals surface area contributed by atoms with Gasteiger partial charge in [0.1, 0.15) is 0 Å². The maximum atomic E-state index is 11.0. The minimum absolute atomic E-state index is 0.144. The van der Waals surface area contributed by atoms with Crippen LogP contribution in [0.4, 0.5) is 5.69 Å². The van der Waals surface area contributed by atoms with Crippen LogP contribution in [0.25, 0.3) is 0 Å². The Morgan fingerprint density at radius 3 is 2.79 bits per heavy atom. The van der Waals surface area contributed by atoms with Gasteiger partial charge in [0.05, 0.1) is 4.92 Å². The first-order valence-electron chi connectivity index (χ1n) is 6.41. The van der Waals surface area contributed by atoms with Crippen LogP contribution < -0.4 is 5.32 Å². The zero-order valence-corrected chi connectivity index (χ0v) is 11.7. The molecule has 1 aromatic rings. The lowest BCUT2D eigenvalue weighted by atomic mass is 10.0. The monoisotopic (exact) mass is 283 g/mol. The number of nitro groups is 1. The molecule has 0 spiro atoms. The fraction of sp³-hybridized carbons (Fsp3) is 0.538. The molecule has 0 radical (unpaired) electrons. The van der Waals surface area contributed by atoms with Crippen LogP contribution in [-0.4, -0.2) is 36.0 Å². The SMILES string of the molecule is CN(Cc1cc(Cl)ccc1[N+](=O)[O-])C1CCNCC1. The van der Waals surface area contributed by atoms with Crippen molar-refractivity contribution in [3.63, 3.8) is 0 Å². The van der Waals surface area contributed by atoms with Crippen molar-refractivity contribution >= 4 is 17.3 Å². The maximum absolute atomic E-state index is 11.0. The molecule has 6 heteroatoms. The van der Waals surface area contributed by atoms with E-state index in [1.165, 1.54) is 6.07 Å². The summed E-state index contributed by atoms with van der Waals surface area (Å²) in [7, 11) is 2.01. The Hall–Kier alpha value is -1.17. The second kappa shape index (κ2) is 6.32. The summed E-state index contributed by atoms with van der Waals surface area (Å²) in [5.41, 5.74) is 0.823. The number of nitrogens with one attached hydrogen (secondary N) is 1. The van der Waals surface area contributed by atoms with Gasteiger partial charge in [-0.3, -0.25) is 15.0 Å². The zero-order valence-electron chi connectivity index (χ0n) is 10.9. The van der Waals surface area contributed by atoms with E-state index >= 15 is 0 Å². The van der Waals surface area contributed by atoms with Gasteiger partial charge in [-0.25, -0.2) is 0 Å². The molecule has 19 heavy (non-hydrogen) atoms. The highest BCUT2D eigenvalue weighted by molar-refractivity contribution is 6.30. The van der Waals surface area contributed by atoms with Gasteiger partial charge in [0.25, 0.3) is 5.69 Å². The van der Waals surface area contributed by atoms with Crippen LogP contribution in [0.1, 0.15) is 18.4 Å². The number of piperidine rings is 1. The van der Waals surface area contributed by atoms with E-state index < -0.39 is 0 Å². The van der Waals surface area contributed by atoms with Crippen LogP contribution in [0.3, 0.4) is 0 Å². The maximum Gasteiger partial charge on any atom is 0.273 e. The Kier molecular flexibility index (Phi) is 4.74. The largest absolute Gasteiger partial charge is 0.317 e. The van der Waals surface area contributed by atoms with E-state index in [0.29, 0.717) is 23.2 Å². The van der Waals surface area contributed by atoms with Crippen LogP contribution in [0.15, 0.2) is 18.2 Å². The quantitative estimate of drug-likeness (QED) is 0.681. The van der Waals surface area contributed by atoms with Gasteiger partial charge in [-0.2, -0.15) is 0 Å². The van der Waals surface area contributed by atoms with Gasteiger partial charge in [0.15, 0.2) is 0 Å². The molecule has 0 saturated carbocycles. The van der Waals surface area contributed by atoms with Crippen molar-refractivity contribution in [2.24, 2.45) is 0 Å². The number of hydrogen-bond acceptors (Lipinski definition) is 4. The van der Waals surface area contributed by atoms with Crippen molar-refractivity contribution in [2.45, 2.75) is 25.4 Å². The van der Waals surface area contributed by atoms with Gasteiger partial charge in [-0.05, 0) is 45.1 Å². The molecule has 0 aliphatic carbocycles. The Balaban J connectivity index is 2.12. The number of nitro benzene ring substituents is 1. The van der Waals surface area contributed by atoms with E-state index in [9.17, 15) is 10.1 Å². The lowest BCUT2D eigenvalue weighted by molar-refractivity contribution is -0.385. The molecule has 0 amide bonds. The molecule has 0 atom stereocenters. The van der Waals surface area contributed by atoms with Crippen molar-refractivity contribution in [3.8, 4) is 0 Å². The number of benzene rings is 1. The minimum Gasteiger partial charge on any atom is -0.317 e. The minimum atomic E-state index is -0.345. The summed E-state index contributed by atoms with van der Waals surface area (Å²) < 4.78 is 0. The van der Waals surface area contributed by atoms with Crippen LogP contribution in [0.2, 0.25) is 5.02 Å². The first-order chi connectivity index (χ1) is 9.08. The van der Waals surface area contributed by atoms with Gasteiger partial charge < -0.3 is 5.32 Å². The molecular formula is C13H18ClN3O2. The number of rotatable bonds is 4. The van der Waals surface area contributed by atoms with E-state index in [0.717, 1.165) is 25.9 Å². The molecule has 1 heterocycles. The summed E-state index contributed by atoms with van der Waals surface area (Å²) in [5.74, 6) is 0. The molecule has 2 rings (SSSR count). The normalized spacial score (nSPS) is 16.8. The average molecular weight is 284 g/mol. The fourth-order valence-corrected chi connectivity index (χ4v) is 2.70. The van der Waals surface area contributed by atoms with E-state index in [1.54, 1.807) is 12.1 Å². The van der Waals surface area contributed by atoms with Crippen LogP contribution >= 0.6 is 11.6 Å². The molecule has 1 fully saturated rings. The Bertz CT molecular complexity index is 461. The third-order valence-corrected chi connectivity index (χ3v) is 3.83. The molecular weight excluding hydrogens is 266 g/mol. The van der Waals surface area contributed by atoms with E-state index in [2.05, 4.69) is 10.2 Å². The molecule has 1 aliphatic heterocycles. The highest BCUT2D eigenvalue weighted by Crippen LogP contribution is 2.25. The molecule has 1 aliphatic rings. The van der Waals surface area contributed by atoms with E-state index in [1.807, 2.05) is 7.05 Å². The summed E-state index contributed by atoms with van der Waals surface area (Å²) in [6.07, 6.45) is 2.15. The topological polar surface area (TPSA) is 58.4 Å². The summed E-state index contributed by atoms with van der Waals surface area (Å²) in [5, 5.41) is 14.9. The summed E-state index contributed by atoms with van der Waals surface area (Å²) >= 11 is 5.94. The Morgan fingerprint density at radius 2 is 2.16 bits per heavy atom. The van der Waals surface area contributed by atoms with Gasteiger partial charge >= 0.3 is 0 Å². The van der Waals surface area contributed by atoms with Gasteiger partial charge in [0.2, 0.25) is 0 Å². The summed E-state index contributed by atoms with van der Waals surface area (Å²) in [6.45, 7) is 2.57. The highest BCUT2D eigenvalue weighted by Gasteiger charge is 2.21. The smallest absolute Gasteiger partial charge is 0.273 e. The molecule has 1 N–H and O–H groups in total. The highest BCUT2D eigenvalue weighted by atomic mass is 35.5. The van der Waals surface area contributed by atoms with Crippen molar-refractivity contribution < 1.29 is 4.92 Å². The molecule has 0 aromatic heterocycles. The summed E-state index contributed by atoms with van der Waals surface area (Å²) in [4.78, 5) is 12.9. The number of hydrogen-bond donors (Lipinski definition) is 1. The van der Waals surface area contributed by atoms with Crippen molar-refractivity contribution in [1.29, 1.82) is 0 Å². The van der Waals surface area contributed by atoms with Crippen molar-refractivity contribution in [3.05, 3.63) is 38.9 Å². The van der Waals surface area contributed by atoms with Crippen molar-refractivity contribution in [1.82, 2.24) is 10.2 Å². The predicted molar refractivity (Wildman–Crippen MR) is 75.5 cm³/mol. The zero-order chi connectivity index (χ0) is 13.8. The number of nitrogens with zero attached hydrogens (tertiary/aromatic N) is 2. The standard InChI is InChI=1S/C13H18ClN3O2/c1-16(12-4-6-15-7-5-12)9-10-8-11(14)2-3-13(10)17(18)19/h2-3,8,12,15H,4-7,9H2,1H3. The molecule has 104 valence electrons. The van der Waals surface area contributed by atoms with E-state index in [-0.39, 0.29) is 10.6 Å². The second-order valence-corrected chi connectivity index (χ2v) is 5.36. The van der Waals surface area contributed by atoms with Crippen molar-refractivity contribution in [2.75, 3.05) is 20.1 Å². The molecule has 5 nitrogen and oxygen atoms in total. The molecule has 1 aromatic carbocycles. The van der Waals surface area contributed by atoms with Gasteiger partial charge in [-0.15, -0.1) is 0 Å². The number of halogens is 1. The van der Waals surface area contributed by atoms with Crippen LogP contribution in [0, 0.1) is 10.1 Å². The predicted octanol–water partition coefficient (Wildman–Crippen LogP) is 2.43. The fourth-order valence-electron chi connectivity index (χ4n) is 2.50. The molecule has 0 bridgehead atoms.